The SMILES string of the molecule is COC(=O)c1ccc(C)c(NC(=O)CN2Cc3ccccc3C[C@H]2C(N)=O)c1. The van der Waals surface area contributed by atoms with Crippen LogP contribution in [-0.2, 0) is 27.3 Å². The maximum atomic E-state index is 12.6. The van der Waals surface area contributed by atoms with Crippen molar-refractivity contribution in [2.75, 3.05) is 19.0 Å². The molecule has 0 bridgehead atoms. The minimum absolute atomic E-state index is 0.0177. The molecule has 0 radical (unpaired) electrons. The fourth-order valence-electron chi connectivity index (χ4n) is 3.40. The third-order valence-electron chi connectivity index (χ3n) is 4.95. The molecule has 2 amide bonds. The van der Waals surface area contributed by atoms with Crippen LogP contribution in [0.2, 0.25) is 0 Å². The standard InChI is InChI=1S/C21H23N3O4/c1-13-7-8-15(21(27)28-2)9-17(13)23-19(25)12-24-11-16-6-4-3-5-14(16)10-18(24)20(22)26/h3-9,18H,10-12H2,1-2H3,(H2,22,26)(H,23,25)/t18-/m0/s1. The van der Waals surface area contributed by atoms with Crippen LogP contribution in [0.5, 0.6) is 0 Å². The number of anilines is 1. The molecule has 146 valence electrons. The molecule has 0 fully saturated rings. The number of amides is 2. The van der Waals surface area contributed by atoms with E-state index in [1.807, 2.05) is 31.2 Å². The van der Waals surface area contributed by atoms with Gasteiger partial charge in [-0.1, -0.05) is 30.3 Å². The van der Waals surface area contributed by atoms with E-state index in [9.17, 15) is 14.4 Å². The average Bonchev–Trinajstić information content (AvgIpc) is 2.68. The van der Waals surface area contributed by atoms with Gasteiger partial charge < -0.3 is 15.8 Å². The zero-order valence-electron chi connectivity index (χ0n) is 15.9. The van der Waals surface area contributed by atoms with Crippen molar-refractivity contribution in [2.45, 2.75) is 25.9 Å². The first kappa shape index (κ1) is 19.6. The van der Waals surface area contributed by atoms with Gasteiger partial charge in [0.15, 0.2) is 0 Å². The van der Waals surface area contributed by atoms with Gasteiger partial charge in [-0.15, -0.1) is 0 Å². The number of nitrogens with two attached hydrogens (primary N) is 1. The van der Waals surface area contributed by atoms with E-state index >= 15 is 0 Å². The van der Waals surface area contributed by atoms with Crippen LogP contribution in [0, 0.1) is 6.92 Å². The molecule has 1 heterocycles. The van der Waals surface area contributed by atoms with E-state index in [0.717, 1.165) is 16.7 Å². The molecule has 3 rings (SSSR count). The second-order valence-electron chi connectivity index (χ2n) is 6.87. The lowest BCUT2D eigenvalue weighted by atomic mass is 9.93. The summed E-state index contributed by atoms with van der Waals surface area (Å²) < 4.78 is 4.72. The number of primary amides is 1. The Morgan fingerprint density at radius 2 is 1.89 bits per heavy atom. The van der Waals surface area contributed by atoms with Gasteiger partial charge in [0.1, 0.15) is 0 Å². The van der Waals surface area contributed by atoms with Crippen LogP contribution in [0.3, 0.4) is 0 Å². The van der Waals surface area contributed by atoms with E-state index in [1.165, 1.54) is 7.11 Å². The molecule has 28 heavy (non-hydrogen) atoms. The molecular formula is C21H23N3O4. The van der Waals surface area contributed by atoms with Crippen molar-refractivity contribution in [2.24, 2.45) is 5.73 Å². The highest BCUT2D eigenvalue weighted by molar-refractivity contribution is 5.96. The summed E-state index contributed by atoms with van der Waals surface area (Å²) in [4.78, 5) is 38.1. The van der Waals surface area contributed by atoms with E-state index < -0.39 is 17.9 Å². The monoisotopic (exact) mass is 381 g/mol. The number of hydrogen-bond donors (Lipinski definition) is 2. The molecule has 2 aromatic rings. The fourth-order valence-corrected chi connectivity index (χ4v) is 3.40. The first-order valence-electron chi connectivity index (χ1n) is 8.98. The lowest BCUT2D eigenvalue weighted by Crippen LogP contribution is -2.50. The maximum Gasteiger partial charge on any atom is 0.337 e. The van der Waals surface area contributed by atoms with E-state index in [-0.39, 0.29) is 12.5 Å². The van der Waals surface area contributed by atoms with Gasteiger partial charge in [-0.25, -0.2) is 4.79 Å². The number of carbonyl (C=O) groups excluding carboxylic acids is 3. The molecule has 0 saturated heterocycles. The Hall–Kier alpha value is -3.19. The lowest BCUT2D eigenvalue weighted by Gasteiger charge is -2.34. The highest BCUT2D eigenvalue weighted by atomic mass is 16.5. The van der Waals surface area contributed by atoms with Crippen molar-refractivity contribution in [3.05, 3.63) is 64.7 Å². The molecule has 0 spiro atoms. The van der Waals surface area contributed by atoms with Crippen LogP contribution >= 0.6 is 0 Å². The minimum atomic E-state index is -0.539. The molecular weight excluding hydrogens is 358 g/mol. The molecule has 2 aromatic carbocycles. The van der Waals surface area contributed by atoms with Crippen LogP contribution in [-0.4, -0.2) is 42.4 Å². The molecule has 0 aliphatic carbocycles. The second-order valence-corrected chi connectivity index (χ2v) is 6.87. The number of hydrogen-bond acceptors (Lipinski definition) is 5. The summed E-state index contributed by atoms with van der Waals surface area (Å²) >= 11 is 0. The van der Waals surface area contributed by atoms with Gasteiger partial charge in [0.25, 0.3) is 0 Å². The van der Waals surface area contributed by atoms with Crippen molar-refractivity contribution < 1.29 is 19.1 Å². The van der Waals surface area contributed by atoms with Crippen molar-refractivity contribution in [1.29, 1.82) is 0 Å². The van der Waals surface area contributed by atoms with Gasteiger partial charge >= 0.3 is 5.97 Å². The zero-order chi connectivity index (χ0) is 20.3. The largest absolute Gasteiger partial charge is 0.465 e. The molecule has 3 N–H and O–H groups in total. The molecule has 1 aliphatic heterocycles. The molecule has 1 atom stereocenters. The number of ether oxygens (including phenoxy) is 1. The first-order valence-corrected chi connectivity index (χ1v) is 8.98. The second kappa shape index (κ2) is 8.22. The van der Waals surface area contributed by atoms with Gasteiger partial charge in [0, 0.05) is 12.2 Å². The van der Waals surface area contributed by atoms with Gasteiger partial charge in [0.05, 0.1) is 25.3 Å². The van der Waals surface area contributed by atoms with E-state index in [0.29, 0.717) is 24.2 Å². The van der Waals surface area contributed by atoms with Crippen LogP contribution < -0.4 is 11.1 Å². The van der Waals surface area contributed by atoms with E-state index in [4.69, 9.17) is 10.5 Å². The predicted molar refractivity (Wildman–Crippen MR) is 105 cm³/mol. The number of rotatable bonds is 5. The number of esters is 1. The van der Waals surface area contributed by atoms with Crippen molar-refractivity contribution >= 4 is 23.5 Å². The Balaban J connectivity index is 1.75. The lowest BCUT2D eigenvalue weighted by molar-refractivity contribution is -0.125. The van der Waals surface area contributed by atoms with Crippen molar-refractivity contribution in [1.82, 2.24) is 4.90 Å². The molecule has 0 unspecified atom stereocenters. The summed E-state index contributed by atoms with van der Waals surface area (Å²) in [6.45, 7) is 2.32. The van der Waals surface area contributed by atoms with Crippen LogP contribution in [0.1, 0.15) is 27.0 Å². The highest BCUT2D eigenvalue weighted by Gasteiger charge is 2.31. The molecule has 1 aliphatic rings. The Labute approximate surface area is 163 Å². The van der Waals surface area contributed by atoms with Crippen molar-refractivity contribution in [3.8, 4) is 0 Å². The Morgan fingerprint density at radius 3 is 2.57 bits per heavy atom. The Kier molecular flexibility index (Phi) is 5.75. The summed E-state index contributed by atoms with van der Waals surface area (Å²) in [6, 6.07) is 12.2. The molecule has 7 nitrogen and oxygen atoms in total. The number of nitrogens with one attached hydrogen (secondary N) is 1. The Bertz CT molecular complexity index is 926. The third-order valence-corrected chi connectivity index (χ3v) is 4.95. The van der Waals surface area contributed by atoms with Crippen LogP contribution in [0.15, 0.2) is 42.5 Å². The smallest absolute Gasteiger partial charge is 0.337 e. The van der Waals surface area contributed by atoms with E-state index in [1.54, 1.807) is 23.1 Å². The summed E-state index contributed by atoms with van der Waals surface area (Å²) in [5.41, 5.74) is 9.42. The summed E-state index contributed by atoms with van der Waals surface area (Å²) in [5, 5.41) is 2.82. The van der Waals surface area contributed by atoms with Crippen LogP contribution in [0.4, 0.5) is 5.69 Å². The fraction of sp³-hybridized carbons (Fsp3) is 0.286. The zero-order valence-corrected chi connectivity index (χ0v) is 15.9. The number of carbonyl (C=O) groups is 3. The normalized spacial score (nSPS) is 16.1. The number of nitrogens with zero attached hydrogens (tertiary/aromatic N) is 1. The number of aryl methyl sites for hydroxylation is 1. The van der Waals surface area contributed by atoms with E-state index in [2.05, 4.69) is 5.32 Å². The molecule has 0 aromatic heterocycles. The minimum Gasteiger partial charge on any atom is -0.465 e. The summed E-state index contributed by atoms with van der Waals surface area (Å²) in [6.07, 6.45) is 0.482. The first-order chi connectivity index (χ1) is 13.4. The quantitative estimate of drug-likeness (QED) is 0.767. The molecule has 0 saturated carbocycles. The van der Waals surface area contributed by atoms with Gasteiger partial charge in [-0.05, 0) is 42.2 Å². The summed E-state index contributed by atoms with van der Waals surface area (Å²) in [5.74, 6) is -1.21. The van der Waals surface area contributed by atoms with Crippen LogP contribution in [0.25, 0.3) is 0 Å². The highest BCUT2D eigenvalue weighted by Crippen LogP contribution is 2.23. The summed E-state index contributed by atoms with van der Waals surface area (Å²) in [7, 11) is 1.30. The number of methoxy groups -OCH3 is 1. The number of fused-ring (bicyclic) bond motifs is 1. The van der Waals surface area contributed by atoms with Gasteiger partial charge in [-0.2, -0.15) is 0 Å². The average molecular weight is 381 g/mol. The predicted octanol–water partition coefficient (Wildman–Crippen LogP) is 1.63. The van der Waals surface area contributed by atoms with Gasteiger partial charge in [0.2, 0.25) is 11.8 Å². The maximum absolute atomic E-state index is 12.6. The molecule has 7 heteroatoms. The Morgan fingerprint density at radius 1 is 1.18 bits per heavy atom. The third kappa shape index (κ3) is 4.20. The topological polar surface area (TPSA) is 102 Å². The number of benzene rings is 2. The van der Waals surface area contributed by atoms with Crippen molar-refractivity contribution in [3.63, 3.8) is 0 Å². The van der Waals surface area contributed by atoms with Gasteiger partial charge in [-0.3, -0.25) is 14.5 Å².